The first kappa shape index (κ1) is 11.4. The number of nitrogens with one attached hydrogen (secondary N) is 1. The summed E-state index contributed by atoms with van der Waals surface area (Å²) < 4.78 is 39.1. The fourth-order valence-electron chi connectivity index (χ4n) is 0.915. The molecule has 5 nitrogen and oxygen atoms in total. The Morgan fingerprint density at radius 3 is 2.60 bits per heavy atom. The van der Waals surface area contributed by atoms with Crippen molar-refractivity contribution >= 4 is 0 Å². The molecule has 1 heterocycles. The molecule has 0 spiro atoms. The van der Waals surface area contributed by atoms with Crippen LogP contribution in [0.5, 0.6) is 11.5 Å². The number of H-pyrrole nitrogens is 1. The van der Waals surface area contributed by atoms with Crippen LogP contribution >= 0.6 is 0 Å². The molecular weight excluding hydrogens is 217 g/mol. The van der Waals surface area contributed by atoms with Crippen LogP contribution < -0.4 is 15.9 Å². The van der Waals surface area contributed by atoms with E-state index in [4.69, 9.17) is 10.8 Å². The van der Waals surface area contributed by atoms with Crippen molar-refractivity contribution in [3.63, 3.8) is 0 Å². The van der Waals surface area contributed by atoms with Gasteiger partial charge in [-0.25, -0.2) is 0 Å². The maximum atomic E-state index is 11.9. The lowest BCUT2D eigenvalue weighted by Crippen LogP contribution is -2.24. The Balaban J connectivity index is 3.25. The maximum absolute atomic E-state index is 11.9. The number of aromatic amines is 1. The lowest BCUT2D eigenvalue weighted by molar-refractivity contribution is -0.275. The first-order valence-electron chi connectivity index (χ1n) is 3.74. The standard InChI is InChI=1S/C7H7F3N2O3/c8-7(9,10)15-6-3(1-11)12-2-4(13)5(6)14/h2,13H,1,11H2,(H,12,14). The predicted molar refractivity (Wildman–Crippen MR) is 43.3 cm³/mol. The zero-order valence-electron chi connectivity index (χ0n) is 7.26. The minimum Gasteiger partial charge on any atom is -0.503 e. The topological polar surface area (TPSA) is 88.3 Å². The highest BCUT2D eigenvalue weighted by atomic mass is 19.4. The van der Waals surface area contributed by atoms with E-state index in [1.165, 1.54) is 0 Å². The van der Waals surface area contributed by atoms with Crippen LogP contribution in [0.1, 0.15) is 5.69 Å². The van der Waals surface area contributed by atoms with Gasteiger partial charge in [0.1, 0.15) is 0 Å². The van der Waals surface area contributed by atoms with Crippen LogP contribution in [0, 0.1) is 0 Å². The number of hydrogen-bond acceptors (Lipinski definition) is 4. The van der Waals surface area contributed by atoms with Crippen LogP contribution in [0.2, 0.25) is 0 Å². The molecular formula is C7H7F3N2O3. The lowest BCUT2D eigenvalue weighted by atomic mass is 10.3. The summed E-state index contributed by atoms with van der Waals surface area (Å²) in [4.78, 5) is 13.3. The molecule has 0 amide bonds. The van der Waals surface area contributed by atoms with Gasteiger partial charge in [0.05, 0.1) is 5.69 Å². The van der Waals surface area contributed by atoms with Crippen molar-refractivity contribution in [3.8, 4) is 11.5 Å². The van der Waals surface area contributed by atoms with Crippen LogP contribution in [0.3, 0.4) is 0 Å². The molecule has 0 saturated carbocycles. The molecule has 84 valence electrons. The van der Waals surface area contributed by atoms with Gasteiger partial charge in [0.2, 0.25) is 5.75 Å². The maximum Gasteiger partial charge on any atom is 0.573 e. The van der Waals surface area contributed by atoms with E-state index >= 15 is 0 Å². The number of pyridine rings is 1. The van der Waals surface area contributed by atoms with Gasteiger partial charge >= 0.3 is 6.36 Å². The number of rotatable bonds is 2. The van der Waals surface area contributed by atoms with E-state index < -0.39 is 23.3 Å². The van der Waals surface area contributed by atoms with Gasteiger partial charge in [-0.05, 0) is 0 Å². The second-order valence-corrected chi connectivity index (χ2v) is 2.56. The number of nitrogens with two attached hydrogens (primary N) is 1. The third kappa shape index (κ3) is 2.62. The molecule has 0 saturated heterocycles. The third-order valence-electron chi connectivity index (χ3n) is 1.52. The molecule has 4 N–H and O–H groups in total. The lowest BCUT2D eigenvalue weighted by Gasteiger charge is -2.11. The smallest absolute Gasteiger partial charge is 0.503 e. The minimum atomic E-state index is -5.01. The molecule has 0 radical (unpaired) electrons. The second kappa shape index (κ2) is 3.81. The molecule has 0 bridgehead atoms. The average molecular weight is 224 g/mol. The van der Waals surface area contributed by atoms with Crippen molar-refractivity contribution in [2.75, 3.05) is 0 Å². The van der Waals surface area contributed by atoms with Gasteiger partial charge in [0, 0.05) is 12.7 Å². The molecule has 0 aliphatic rings. The van der Waals surface area contributed by atoms with Crippen LogP contribution in [0.15, 0.2) is 11.0 Å². The fourth-order valence-corrected chi connectivity index (χ4v) is 0.915. The highest BCUT2D eigenvalue weighted by Crippen LogP contribution is 2.23. The number of halogens is 3. The number of alkyl halides is 3. The van der Waals surface area contributed by atoms with Crippen molar-refractivity contribution in [1.29, 1.82) is 0 Å². The van der Waals surface area contributed by atoms with E-state index in [-0.39, 0.29) is 12.2 Å². The molecule has 0 aromatic carbocycles. The monoisotopic (exact) mass is 224 g/mol. The van der Waals surface area contributed by atoms with Gasteiger partial charge in [-0.3, -0.25) is 4.79 Å². The Kier molecular flexibility index (Phi) is 2.89. The molecule has 1 aromatic rings. The Hall–Kier alpha value is -1.70. The molecule has 0 atom stereocenters. The number of ether oxygens (including phenoxy) is 1. The van der Waals surface area contributed by atoms with Gasteiger partial charge in [-0.2, -0.15) is 0 Å². The van der Waals surface area contributed by atoms with E-state index in [0.29, 0.717) is 0 Å². The van der Waals surface area contributed by atoms with Crippen LogP contribution in [0.4, 0.5) is 13.2 Å². The van der Waals surface area contributed by atoms with Crippen molar-refractivity contribution < 1.29 is 23.0 Å². The molecule has 1 rings (SSSR count). The summed E-state index contributed by atoms with van der Waals surface area (Å²) in [5.74, 6) is -1.91. The Morgan fingerprint density at radius 2 is 2.13 bits per heavy atom. The molecule has 0 aliphatic carbocycles. The summed E-state index contributed by atoms with van der Waals surface area (Å²) in [5.41, 5.74) is 3.59. The second-order valence-electron chi connectivity index (χ2n) is 2.56. The number of hydrogen-bond donors (Lipinski definition) is 3. The van der Waals surface area contributed by atoms with Gasteiger partial charge in [-0.15, -0.1) is 13.2 Å². The van der Waals surface area contributed by atoms with Crippen LogP contribution in [-0.2, 0) is 6.54 Å². The van der Waals surface area contributed by atoms with E-state index in [2.05, 4.69) is 9.72 Å². The third-order valence-corrected chi connectivity index (χ3v) is 1.52. The average Bonchev–Trinajstić information content (AvgIpc) is 2.11. The van der Waals surface area contributed by atoms with Gasteiger partial charge in [-0.1, -0.05) is 0 Å². The molecule has 15 heavy (non-hydrogen) atoms. The SMILES string of the molecule is NCc1[nH]cc(O)c(=O)c1OC(F)(F)F. The minimum absolute atomic E-state index is 0.241. The van der Waals surface area contributed by atoms with Crippen molar-refractivity contribution in [2.24, 2.45) is 5.73 Å². The Labute approximate surface area is 81.3 Å². The summed E-state index contributed by atoms with van der Waals surface area (Å²) in [6.07, 6.45) is -4.17. The van der Waals surface area contributed by atoms with E-state index in [1.54, 1.807) is 0 Å². The zero-order chi connectivity index (χ0) is 11.6. The van der Waals surface area contributed by atoms with Crippen LogP contribution in [0.25, 0.3) is 0 Å². The molecule has 8 heteroatoms. The molecule has 0 unspecified atom stereocenters. The molecule has 0 aliphatic heterocycles. The summed E-state index contributed by atoms with van der Waals surface area (Å²) in [7, 11) is 0. The highest BCUT2D eigenvalue weighted by molar-refractivity contribution is 5.34. The number of aromatic nitrogens is 1. The first-order chi connectivity index (χ1) is 6.85. The summed E-state index contributed by atoms with van der Waals surface area (Å²) in [6.45, 7) is -0.346. The van der Waals surface area contributed by atoms with Gasteiger partial charge in [0.15, 0.2) is 5.75 Å². The first-order valence-corrected chi connectivity index (χ1v) is 3.74. The Morgan fingerprint density at radius 1 is 1.53 bits per heavy atom. The predicted octanol–water partition coefficient (Wildman–Crippen LogP) is 0.438. The van der Waals surface area contributed by atoms with E-state index in [0.717, 1.165) is 6.20 Å². The van der Waals surface area contributed by atoms with Crippen molar-refractivity contribution in [2.45, 2.75) is 12.9 Å². The van der Waals surface area contributed by atoms with E-state index in [1.807, 2.05) is 0 Å². The number of aromatic hydroxyl groups is 1. The van der Waals surface area contributed by atoms with Gasteiger partial charge in [0.25, 0.3) is 5.43 Å². The molecule has 0 fully saturated rings. The van der Waals surface area contributed by atoms with E-state index in [9.17, 15) is 18.0 Å². The van der Waals surface area contributed by atoms with Crippen molar-refractivity contribution in [1.82, 2.24) is 4.98 Å². The molecule has 1 aromatic heterocycles. The zero-order valence-corrected chi connectivity index (χ0v) is 7.26. The highest BCUT2D eigenvalue weighted by Gasteiger charge is 2.33. The fraction of sp³-hybridized carbons (Fsp3) is 0.286. The normalized spacial score (nSPS) is 11.5. The quantitative estimate of drug-likeness (QED) is 0.680. The summed E-state index contributed by atoms with van der Waals surface area (Å²) in [6, 6.07) is 0. The summed E-state index contributed by atoms with van der Waals surface area (Å²) >= 11 is 0. The van der Waals surface area contributed by atoms with Crippen LogP contribution in [-0.4, -0.2) is 16.5 Å². The largest absolute Gasteiger partial charge is 0.573 e. The summed E-state index contributed by atoms with van der Waals surface area (Å²) in [5, 5.41) is 8.88. The van der Waals surface area contributed by atoms with Crippen molar-refractivity contribution in [3.05, 3.63) is 22.1 Å². The Bertz CT molecular complexity index is 413. The van der Waals surface area contributed by atoms with Gasteiger partial charge < -0.3 is 20.6 Å².